The van der Waals surface area contributed by atoms with Crippen LogP contribution in [0.3, 0.4) is 0 Å². The van der Waals surface area contributed by atoms with E-state index in [2.05, 4.69) is 56.7 Å². The van der Waals surface area contributed by atoms with Crippen molar-refractivity contribution in [3.05, 3.63) is 0 Å². The van der Waals surface area contributed by atoms with E-state index in [0.29, 0.717) is 11.5 Å². The van der Waals surface area contributed by atoms with Crippen molar-refractivity contribution in [1.29, 1.82) is 0 Å². The van der Waals surface area contributed by atoms with E-state index in [1.807, 2.05) is 0 Å². The lowest BCUT2D eigenvalue weighted by atomic mass is 9.84. The number of rotatable bonds is 8. The predicted octanol–water partition coefficient (Wildman–Crippen LogP) is 3.23. The number of nitrogens with one attached hydrogen (secondary N) is 1. The minimum atomic E-state index is 0.418. The summed E-state index contributed by atoms with van der Waals surface area (Å²) in [5.41, 5.74) is 0.418. The second-order valence-corrected chi connectivity index (χ2v) is 7.68. The zero-order chi connectivity index (χ0) is 13.6. The quantitative estimate of drug-likeness (QED) is 0.730. The molecule has 1 saturated heterocycles. The average molecular weight is 273 g/mol. The molecule has 1 aliphatic heterocycles. The van der Waals surface area contributed by atoms with Crippen LogP contribution in [0.2, 0.25) is 0 Å². The molecule has 2 unspecified atom stereocenters. The molecule has 0 spiro atoms. The fourth-order valence-corrected chi connectivity index (χ4v) is 4.18. The third kappa shape index (κ3) is 5.50. The standard InChI is InChI=1S/C15H32N2S/c1-6-8-15(4,11-16-13(2)3)12-17(5)14-7-9-18-10-14/h13-14,16H,6-12H2,1-5H3. The van der Waals surface area contributed by atoms with Gasteiger partial charge in [0.15, 0.2) is 0 Å². The summed E-state index contributed by atoms with van der Waals surface area (Å²) < 4.78 is 0. The van der Waals surface area contributed by atoms with Crippen molar-refractivity contribution in [3.8, 4) is 0 Å². The summed E-state index contributed by atoms with van der Waals surface area (Å²) in [5, 5.41) is 3.63. The van der Waals surface area contributed by atoms with Crippen molar-refractivity contribution in [2.45, 2.75) is 59.0 Å². The minimum Gasteiger partial charge on any atom is -0.314 e. The Labute approximate surface area is 118 Å². The Kier molecular flexibility index (Phi) is 7.04. The molecule has 0 aliphatic carbocycles. The van der Waals surface area contributed by atoms with Gasteiger partial charge < -0.3 is 10.2 Å². The van der Waals surface area contributed by atoms with Crippen LogP contribution in [0.15, 0.2) is 0 Å². The summed E-state index contributed by atoms with van der Waals surface area (Å²) in [6.45, 7) is 11.6. The highest BCUT2D eigenvalue weighted by Crippen LogP contribution is 2.28. The molecule has 0 aromatic rings. The van der Waals surface area contributed by atoms with Crippen LogP contribution in [0.5, 0.6) is 0 Å². The maximum absolute atomic E-state index is 3.63. The smallest absolute Gasteiger partial charge is 0.0191 e. The summed E-state index contributed by atoms with van der Waals surface area (Å²) in [5.74, 6) is 2.68. The monoisotopic (exact) mass is 272 g/mol. The third-order valence-corrected chi connectivity index (χ3v) is 5.10. The first-order valence-electron chi connectivity index (χ1n) is 7.48. The van der Waals surface area contributed by atoms with Crippen LogP contribution in [0, 0.1) is 5.41 Å². The van der Waals surface area contributed by atoms with Crippen molar-refractivity contribution in [2.75, 3.05) is 31.6 Å². The molecule has 0 bridgehead atoms. The maximum Gasteiger partial charge on any atom is 0.0191 e. The first-order chi connectivity index (χ1) is 8.47. The first-order valence-corrected chi connectivity index (χ1v) is 8.63. The van der Waals surface area contributed by atoms with E-state index in [0.717, 1.165) is 12.6 Å². The van der Waals surface area contributed by atoms with Gasteiger partial charge in [-0.25, -0.2) is 0 Å². The van der Waals surface area contributed by atoms with Crippen molar-refractivity contribution < 1.29 is 0 Å². The topological polar surface area (TPSA) is 15.3 Å². The van der Waals surface area contributed by atoms with E-state index in [9.17, 15) is 0 Å². The Morgan fingerprint density at radius 3 is 2.67 bits per heavy atom. The molecule has 18 heavy (non-hydrogen) atoms. The molecule has 3 heteroatoms. The second kappa shape index (κ2) is 7.76. The van der Waals surface area contributed by atoms with Crippen LogP contribution < -0.4 is 5.32 Å². The van der Waals surface area contributed by atoms with Gasteiger partial charge in [-0.1, -0.05) is 34.1 Å². The SMILES string of the molecule is CCCC(C)(CNC(C)C)CN(C)C1CCSC1. The van der Waals surface area contributed by atoms with Crippen molar-refractivity contribution >= 4 is 11.8 Å². The molecule has 1 heterocycles. The fourth-order valence-electron chi connectivity index (χ4n) is 2.88. The van der Waals surface area contributed by atoms with Gasteiger partial charge in [-0.3, -0.25) is 0 Å². The van der Waals surface area contributed by atoms with E-state index in [1.165, 1.54) is 37.3 Å². The second-order valence-electron chi connectivity index (χ2n) is 6.53. The van der Waals surface area contributed by atoms with Crippen LogP contribution in [-0.4, -0.2) is 48.6 Å². The van der Waals surface area contributed by atoms with Crippen LogP contribution in [0.1, 0.15) is 47.0 Å². The predicted molar refractivity (Wildman–Crippen MR) is 84.5 cm³/mol. The Morgan fingerprint density at radius 2 is 2.17 bits per heavy atom. The summed E-state index contributed by atoms with van der Waals surface area (Å²) in [7, 11) is 2.32. The molecular formula is C15H32N2S. The number of nitrogens with zero attached hydrogens (tertiary/aromatic N) is 1. The fraction of sp³-hybridized carbons (Fsp3) is 1.00. The minimum absolute atomic E-state index is 0.418. The Hall–Kier alpha value is 0.270. The van der Waals surface area contributed by atoms with Crippen LogP contribution in [-0.2, 0) is 0 Å². The molecule has 2 atom stereocenters. The number of thioether (sulfide) groups is 1. The first kappa shape index (κ1) is 16.3. The van der Waals surface area contributed by atoms with Crippen LogP contribution in [0.4, 0.5) is 0 Å². The highest BCUT2D eigenvalue weighted by molar-refractivity contribution is 7.99. The molecule has 0 amide bonds. The van der Waals surface area contributed by atoms with Gasteiger partial charge in [-0.2, -0.15) is 11.8 Å². The molecule has 2 nitrogen and oxygen atoms in total. The summed E-state index contributed by atoms with van der Waals surface area (Å²) in [6, 6.07) is 1.40. The highest BCUT2D eigenvalue weighted by atomic mass is 32.2. The van der Waals surface area contributed by atoms with Gasteiger partial charge in [0.05, 0.1) is 0 Å². The van der Waals surface area contributed by atoms with Crippen LogP contribution >= 0.6 is 11.8 Å². The molecule has 1 rings (SSSR count). The van der Waals surface area contributed by atoms with E-state index >= 15 is 0 Å². The van der Waals surface area contributed by atoms with E-state index in [-0.39, 0.29) is 0 Å². The summed E-state index contributed by atoms with van der Waals surface area (Å²) in [4.78, 5) is 2.61. The Morgan fingerprint density at radius 1 is 1.44 bits per heavy atom. The zero-order valence-electron chi connectivity index (χ0n) is 13.0. The number of hydrogen-bond acceptors (Lipinski definition) is 3. The van der Waals surface area contributed by atoms with Gasteiger partial charge in [0.25, 0.3) is 0 Å². The van der Waals surface area contributed by atoms with Crippen molar-refractivity contribution in [3.63, 3.8) is 0 Å². The lowest BCUT2D eigenvalue weighted by Crippen LogP contribution is -2.45. The van der Waals surface area contributed by atoms with Gasteiger partial charge >= 0.3 is 0 Å². The Balaban J connectivity index is 2.48. The molecular weight excluding hydrogens is 240 g/mol. The van der Waals surface area contributed by atoms with Crippen molar-refractivity contribution in [1.82, 2.24) is 10.2 Å². The zero-order valence-corrected chi connectivity index (χ0v) is 13.8. The lowest BCUT2D eigenvalue weighted by molar-refractivity contribution is 0.142. The van der Waals surface area contributed by atoms with E-state index < -0.39 is 0 Å². The van der Waals surface area contributed by atoms with Gasteiger partial charge in [-0.15, -0.1) is 0 Å². The molecule has 1 aliphatic rings. The van der Waals surface area contributed by atoms with E-state index in [4.69, 9.17) is 0 Å². The van der Waals surface area contributed by atoms with Gasteiger partial charge in [0.1, 0.15) is 0 Å². The molecule has 0 aromatic carbocycles. The maximum atomic E-state index is 3.63. The average Bonchev–Trinajstić information content (AvgIpc) is 2.80. The highest BCUT2D eigenvalue weighted by Gasteiger charge is 2.29. The van der Waals surface area contributed by atoms with Crippen molar-refractivity contribution in [2.24, 2.45) is 5.41 Å². The Bertz CT molecular complexity index is 227. The number of hydrogen-bond donors (Lipinski definition) is 1. The van der Waals surface area contributed by atoms with Gasteiger partial charge in [-0.05, 0) is 31.1 Å². The van der Waals surface area contributed by atoms with Gasteiger partial charge in [0, 0.05) is 30.9 Å². The lowest BCUT2D eigenvalue weighted by Gasteiger charge is -2.37. The molecule has 108 valence electrons. The van der Waals surface area contributed by atoms with Crippen LogP contribution in [0.25, 0.3) is 0 Å². The van der Waals surface area contributed by atoms with Gasteiger partial charge in [0.2, 0.25) is 0 Å². The normalized spacial score (nSPS) is 23.8. The summed E-state index contributed by atoms with van der Waals surface area (Å²) in [6.07, 6.45) is 3.97. The molecule has 1 N–H and O–H groups in total. The molecule has 1 fully saturated rings. The molecule has 0 aromatic heterocycles. The van der Waals surface area contributed by atoms with E-state index in [1.54, 1.807) is 0 Å². The largest absolute Gasteiger partial charge is 0.314 e. The molecule has 0 saturated carbocycles. The summed E-state index contributed by atoms with van der Waals surface area (Å²) >= 11 is 2.11. The third-order valence-electron chi connectivity index (χ3n) is 3.95. The molecule has 0 radical (unpaired) electrons.